The Morgan fingerprint density at radius 2 is 1.88 bits per heavy atom. The lowest BCUT2D eigenvalue weighted by Gasteiger charge is -2.08. The summed E-state index contributed by atoms with van der Waals surface area (Å²) in [5.74, 6) is 0.577. The van der Waals surface area contributed by atoms with Crippen LogP contribution in [-0.4, -0.2) is 28.7 Å². The Kier molecular flexibility index (Phi) is 5.49. The van der Waals surface area contributed by atoms with E-state index in [-0.39, 0.29) is 6.61 Å². The van der Waals surface area contributed by atoms with Crippen molar-refractivity contribution in [1.29, 1.82) is 0 Å². The molecule has 1 aromatic carbocycles. The first-order chi connectivity index (χ1) is 7.73. The first kappa shape index (κ1) is 13.2. The number of aliphatic hydroxyl groups excluding tert-OH is 1. The van der Waals surface area contributed by atoms with Gasteiger partial charge in [0.15, 0.2) is 0 Å². The Morgan fingerprint density at radius 3 is 2.44 bits per heavy atom. The zero-order valence-corrected chi connectivity index (χ0v) is 10.4. The van der Waals surface area contributed by atoms with Gasteiger partial charge < -0.3 is 5.11 Å². The van der Waals surface area contributed by atoms with Crippen LogP contribution in [0.3, 0.4) is 0 Å². The summed E-state index contributed by atoms with van der Waals surface area (Å²) in [7, 11) is -0.630. The second-order valence-electron chi connectivity index (χ2n) is 3.62. The van der Waals surface area contributed by atoms with Crippen LogP contribution >= 0.6 is 0 Å². The van der Waals surface area contributed by atoms with Gasteiger partial charge in [-0.1, -0.05) is 24.6 Å². The molecule has 0 aliphatic rings. The normalized spacial score (nSPS) is 14.4. The molecule has 0 aromatic heterocycles. The Morgan fingerprint density at radius 1 is 1.19 bits per heavy atom. The zero-order valence-electron chi connectivity index (χ0n) is 9.63. The van der Waals surface area contributed by atoms with Gasteiger partial charge in [0.25, 0.3) is 0 Å². The SMILES string of the molecule is CN=S(=O)(CCCCCO)c1ccccc1. The van der Waals surface area contributed by atoms with Gasteiger partial charge in [0.1, 0.15) is 0 Å². The summed E-state index contributed by atoms with van der Waals surface area (Å²) < 4.78 is 16.5. The van der Waals surface area contributed by atoms with E-state index in [4.69, 9.17) is 5.11 Å². The van der Waals surface area contributed by atoms with Crippen LogP contribution in [0.1, 0.15) is 19.3 Å². The molecule has 0 radical (unpaired) electrons. The number of rotatable bonds is 6. The summed E-state index contributed by atoms with van der Waals surface area (Å²) in [6, 6.07) is 9.40. The first-order valence-corrected chi connectivity index (χ1v) is 7.20. The molecule has 0 saturated carbocycles. The average molecular weight is 241 g/mol. The third-order valence-corrected chi connectivity index (χ3v) is 4.93. The molecule has 0 heterocycles. The molecule has 0 amide bonds. The van der Waals surface area contributed by atoms with E-state index in [1.165, 1.54) is 0 Å². The Hall–Kier alpha value is -0.870. The van der Waals surface area contributed by atoms with Crippen LogP contribution < -0.4 is 0 Å². The van der Waals surface area contributed by atoms with Crippen molar-refractivity contribution in [1.82, 2.24) is 0 Å². The van der Waals surface area contributed by atoms with Gasteiger partial charge in [0.2, 0.25) is 0 Å². The molecule has 0 aliphatic carbocycles. The van der Waals surface area contributed by atoms with Crippen molar-refractivity contribution >= 4 is 9.73 Å². The number of nitrogens with zero attached hydrogens (tertiary/aromatic N) is 1. The van der Waals surface area contributed by atoms with Gasteiger partial charge >= 0.3 is 0 Å². The lowest BCUT2D eigenvalue weighted by Crippen LogP contribution is -2.06. The van der Waals surface area contributed by atoms with Crippen molar-refractivity contribution in [2.75, 3.05) is 19.4 Å². The molecule has 1 atom stereocenters. The molecular formula is C12H19NO2S. The smallest absolute Gasteiger partial charge is 0.0749 e. The van der Waals surface area contributed by atoms with Gasteiger partial charge in [-0.25, -0.2) is 8.57 Å². The van der Waals surface area contributed by atoms with Crippen LogP contribution in [0.4, 0.5) is 0 Å². The van der Waals surface area contributed by atoms with Crippen molar-refractivity contribution in [2.45, 2.75) is 24.2 Å². The summed E-state index contributed by atoms with van der Waals surface area (Å²) in [6.45, 7) is 0.204. The van der Waals surface area contributed by atoms with E-state index < -0.39 is 9.73 Å². The molecule has 90 valence electrons. The zero-order chi connectivity index (χ0) is 11.9. The number of hydrogen-bond donors (Lipinski definition) is 1. The van der Waals surface area contributed by atoms with Gasteiger partial charge in [0, 0.05) is 24.3 Å². The van der Waals surface area contributed by atoms with Crippen molar-refractivity contribution in [3.05, 3.63) is 30.3 Å². The first-order valence-electron chi connectivity index (χ1n) is 5.52. The summed E-state index contributed by atoms with van der Waals surface area (Å²) in [6.07, 6.45) is 2.51. The second-order valence-corrected chi connectivity index (χ2v) is 6.15. The van der Waals surface area contributed by atoms with Crippen LogP contribution in [-0.2, 0) is 9.73 Å². The average Bonchev–Trinajstić information content (AvgIpc) is 2.35. The predicted molar refractivity (Wildman–Crippen MR) is 67.0 cm³/mol. The standard InChI is InChI=1S/C12H19NO2S/c1-13-16(15,11-7-3-6-10-14)12-8-4-2-5-9-12/h2,4-5,8-9,14H,3,6-7,10-11H2,1H3. The minimum absolute atomic E-state index is 0.204. The topological polar surface area (TPSA) is 49.7 Å². The number of benzene rings is 1. The lowest BCUT2D eigenvalue weighted by atomic mass is 10.3. The molecule has 4 heteroatoms. The molecule has 3 nitrogen and oxygen atoms in total. The van der Waals surface area contributed by atoms with Crippen LogP contribution in [0, 0.1) is 0 Å². The highest BCUT2D eigenvalue weighted by molar-refractivity contribution is 7.93. The molecule has 0 fully saturated rings. The van der Waals surface area contributed by atoms with E-state index in [0.717, 1.165) is 24.2 Å². The third kappa shape index (κ3) is 3.61. The minimum Gasteiger partial charge on any atom is -0.396 e. The van der Waals surface area contributed by atoms with E-state index in [9.17, 15) is 4.21 Å². The minimum atomic E-state index is -2.24. The quantitative estimate of drug-likeness (QED) is 0.777. The molecule has 0 spiro atoms. The summed E-state index contributed by atoms with van der Waals surface area (Å²) in [5, 5.41) is 8.68. The largest absolute Gasteiger partial charge is 0.396 e. The Bertz CT molecular complexity index is 408. The highest BCUT2D eigenvalue weighted by Gasteiger charge is 2.10. The Labute approximate surface area is 97.7 Å². The molecule has 1 aromatic rings. The van der Waals surface area contributed by atoms with E-state index in [1.54, 1.807) is 7.05 Å². The molecule has 1 rings (SSSR count). The highest BCUT2D eigenvalue weighted by Crippen LogP contribution is 2.15. The molecule has 0 aliphatic heterocycles. The van der Waals surface area contributed by atoms with Gasteiger partial charge in [-0.05, 0) is 25.0 Å². The molecule has 16 heavy (non-hydrogen) atoms. The summed E-state index contributed by atoms with van der Waals surface area (Å²) >= 11 is 0. The molecule has 1 N–H and O–H groups in total. The van der Waals surface area contributed by atoms with Crippen molar-refractivity contribution in [3.63, 3.8) is 0 Å². The van der Waals surface area contributed by atoms with E-state index in [2.05, 4.69) is 4.36 Å². The molecule has 0 bridgehead atoms. The lowest BCUT2D eigenvalue weighted by molar-refractivity contribution is 0.284. The van der Waals surface area contributed by atoms with E-state index in [0.29, 0.717) is 5.75 Å². The molecule has 1 unspecified atom stereocenters. The Balaban J connectivity index is 2.69. The van der Waals surface area contributed by atoms with Crippen molar-refractivity contribution in [3.8, 4) is 0 Å². The number of unbranched alkanes of at least 4 members (excludes halogenated alkanes) is 2. The maximum absolute atomic E-state index is 12.5. The van der Waals surface area contributed by atoms with Crippen LogP contribution in [0.2, 0.25) is 0 Å². The predicted octanol–water partition coefficient (Wildman–Crippen LogP) is 2.31. The van der Waals surface area contributed by atoms with Gasteiger partial charge in [-0.3, -0.25) is 0 Å². The number of aliphatic hydroxyl groups is 1. The molecule has 0 saturated heterocycles. The fourth-order valence-electron chi connectivity index (χ4n) is 1.53. The van der Waals surface area contributed by atoms with E-state index >= 15 is 0 Å². The fourth-order valence-corrected chi connectivity index (χ4v) is 3.34. The monoisotopic (exact) mass is 241 g/mol. The summed E-state index contributed by atoms with van der Waals surface area (Å²) in [5.41, 5.74) is 0. The second kappa shape index (κ2) is 6.66. The maximum Gasteiger partial charge on any atom is 0.0749 e. The van der Waals surface area contributed by atoms with Crippen molar-refractivity contribution < 1.29 is 9.32 Å². The van der Waals surface area contributed by atoms with Gasteiger partial charge in [-0.15, -0.1) is 0 Å². The number of hydrogen-bond acceptors (Lipinski definition) is 3. The van der Waals surface area contributed by atoms with E-state index in [1.807, 2.05) is 30.3 Å². The fraction of sp³-hybridized carbons (Fsp3) is 0.500. The highest BCUT2D eigenvalue weighted by atomic mass is 32.2. The third-order valence-electron chi connectivity index (χ3n) is 2.49. The maximum atomic E-state index is 12.5. The van der Waals surface area contributed by atoms with Crippen LogP contribution in [0.5, 0.6) is 0 Å². The van der Waals surface area contributed by atoms with Gasteiger partial charge in [-0.2, -0.15) is 0 Å². The van der Waals surface area contributed by atoms with Crippen LogP contribution in [0.15, 0.2) is 39.6 Å². The van der Waals surface area contributed by atoms with Gasteiger partial charge in [0.05, 0.1) is 9.73 Å². The van der Waals surface area contributed by atoms with Crippen molar-refractivity contribution in [2.24, 2.45) is 4.36 Å². The summed E-state index contributed by atoms with van der Waals surface area (Å²) in [4.78, 5) is 0.807. The molecular weight excluding hydrogens is 222 g/mol. The van der Waals surface area contributed by atoms with Crippen LogP contribution in [0.25, 0.3) is 0 Å².